The summed E-state index contributed by atoms with van der Waals surface area (Å²) in [6, 6.07) is 2.08. The Hall–Kier alpha value is -2.02. The highest BCUT2D eigenvalue weighted by atomic mass is 28.4. The smallest absolute Gasteiger partial charge is 0.439 e. The molecule has 0 aliphatic carbocycles. The van der Waals surface area contributed by atoms with Gasteiger partial charge in [0.1, 0.15) is 5.75 Å². The molecule has 12 heteroatoms. The van der Waals surface area contributed by atoms with Crippen LogP contribution in [-0.2, 0) is 26.5 Å². The van der Waals surface area contributed by atoms with Crippen molar-refractivity contribution in [2.24, 2.45) is 0 Å². The molecule has 1 aliphatic heterocycles. The highest BCUT2D eigenvalue weighted by molar-refractivity contribution is 6.74. The van der Waals surface area contributed by atoms with Crippen LogP contribution < -0.4 is 10.2 Å². The van der Waals surface area contributed by atoms with Crippen molar-refractivity contribution in [2.75, 3.05) is 0 Å². The molecule has 3 rings (SSSR count). The minimum absolute atomic E-state index is 0.0838. The Morgan fingerprint density at radius 2 is 1.55 bits per heavy atom. The van der Waals surface area contributed by atoms with Gasteiger partial charge in [0.15, 0.2) is 20.0 Å². The van der Waals surface area contributed by atoms with E-state index in [1.807, 2.05) is 33.9 Å². The molecular weight excluding hydrogens is 524 g/mol. The van der Waals surface area contributed by atoms with Crippen LogP contribution in [0.25, 0.3) is 0 Å². The van der Waals surface area contributed by atoms with E-state index in [1.54, 1.807) is 27.7 Å². The van der Waals surface area contributed by atoms with Gasteiger partial charge in [-0.05, 0) is 70.4 Å². The van der Waals surface area contributed by atoms with Crippen LogP contribution in [0.5, 0.6) is 11.6 Å². The molecule has 0 unspecified atom stereocenters. The molecule has 0 saturated carbocycles. The van der Waals surface area contributed by atoms with Crippen LogP contribution >= 0.6 is 0 Å². The van der Waals surface area contributed by atoms with E-state index in [2.05, 4.69) is 4.98 Å². The summed E-state index contributed by atoms with van der Waals surface area (Å²) in [4.78, 5) is 3.93. The van der Waals surface area contributed by atoms with E-state index in [9.17, 15) is 17.6 Å². The first-order valence-corrected chi connectivity index (χ1v) is 15.2. The predicted octanol–water partition coefficient (Wildman–Crippen LogP) is 7.30. The van der Waals surface area contributed by atoms with Crippen LogP contribution in [0.3, 0.4) is 0 Å². The maximum atomic E-state index is 15.0. The second-order valence-corrected chi connectivity index (χ2v) is 16.9. The average molecular weight is 559 g/mol. The highest BCUT2D eigenvalue weighted by Gasteiger charge is 2.54. The summed E-state index contributed by atoms with van der Waals surface area (Å²) >= 11 is 0. The number of benzene rings is 1. The molecule has 0 radical (unpaired) electrons. The first kappa shape index (κ1) is 30.5. The summed E-state index contributed by atoms with van der Waals surface area (Å²) < 4.78 is 94.6. The number of pyridine rings is 1. The maximum absolute atomic E-state index is 15.0. The van der Waals surface area contributed by atoms with Crippen molar-refractivity contribution in [2.45, 2.75) is 97.5 Å². The molecule has 2 heterocycles. The molecule has 5 nitrogen and oxygen atoms in total. The van der Waals surface area contributed by atoms with Gasteiger partial charge in [-0.3, -0.25) is 0 Å². The number of hydrogen-bond donors (Lipinski definition) is 0. The largest absolute Gasteiger partial charge is 0.500 e. The van der Waals surface area contributed by atoms with Crippen LogP contribution in [0.1, 0.15) is 65.2 Å². The van der Waals surface area contributed by atoms with E-state index in [-0.39, 0.29) is 39.9 Å². The molecule has 1 fully saturated rings. The van der Waals surface area contributed by atoms with Gasteiger partial charge in [0.25, 0.3) is 0 Å². The van der Waals surface area contributed by atoms with Crippen LogP contribution in [0.2, 0.25) is 18.1 Å². The zero-order valence-electron chi connectivity index (χ0n) is 23.5. The average Bonchev–Trinajstić information content (AvgIpc) is 2.95. The Morgan fingerprint density at radius 1 is 1.00 bits per heavy atom. The highest BCUT2D eigenvalue weighted by Crippen LogP contribution is 2.41. The predicted molar refractivity (Wildman–Crippen MR) is 138 cm³/mol. The topological polar surface area (TPSA) is 49.8 Å². The third-order valence-corrected chi connectivity index (χ3v) is 12.4. The summed E-state index contributed by atoms with van der Waals surface area (Å²) in [5, 5.41) is -0.201. The fourth-order valence-electron chi connectivity index (χ4n) is 3.58. The zero-order chi connectivity index (χ0) is 29.1. The Bertz CT molecular complexity index is 1200. The molecule has 1 aromatic heterocycles. The van der Waals surface area contributed by atoms with Crippen molar-refractivity contribution in [3.63, 3.8) is 0 Å². The molecule has 0 N–H and O–H groups in total. The normalized spacial score (nSPS) is 17.7. The molecule has 1 saturated heterocycles. The van der Waals surface area contributed by atoms with Gasteiger partial charge in [0.2, 0.25) is 5.88 Å². The molecule has 210 valence electrons. The fraction of sp³-hybridized carbons (Fsp3) is 0.577. The van der Waals surface area contributed by atoms with Crippen LogP contribution in [0, 0.1) is 18.6 Å². The molecule has 0 amide bonds. The SMILES string of the molecule is Cc1c(C(F)(F)F)cnc(Oc2ccc(F)c(F)c2CO[Si](C)(C)C(C)(C)C)c1B1OC(C)(C)C(C)(C)O1. The lowest BCUT2D eigenvalue weighted by Crippen LogP contribution is -2.41. The number of alkyl halides is 3. The first-order chi connectivity index (χ1) is 17.1. The van der Waals surface area contributed by atoms with E-state index < -0.39 is 50.0 Å². The summed E-state index contributed by atoms with van der Waals surface area (Å²) in [7, 11) is -3.62. The summed E-state index contributed by atoms with van der Waals surface area (Å²) in [6.07, 6.45) is -4.05. The van der Waals surface area contributed by atoms with Gasteiger partial charge in [0.05, 0.1) is 28.9 Å². The lowest BCUT2D eigenvalue weighted by molar-refractivity contribution is -0.138. The third-order valence-electron chi connectivity index (χ3n) is 7.89. The lowest BCUT2D eigenvalue weighted by Gasteiger charge is -2.36. The number of nitrogens with zero attached hydrogens (tertiary/aromatic N) is 1. The van der Waals surface area contributed by atoms with Crippen molar-refractivity contribution in [3.05, 3.63) is 46.7 Å². The molecule has 38 heavy (non-hydrogen) atoms. The van der Waals surface area contributed by atoms with Gasteiger partial charge < -0.3 is 18.5 Å². The molecule has 0 bridgehead atoms. The molecule has 1 aromatic carbocycles. The summed E-state index contributed by atoms with van der Waals surface area (Å²) in [5.41, 5.74) is -3.20. The van der Waals surface area contributed by atoms with Gasteiger partial charge in [0, 0.05) is 11.7 Å². The molecule has 2 aromatic rings. The minimum Gasteiger partial charge on any atom is -0.439 e. The third kappa shape index (κ3) is 5.78. The van der Waals surface area contributed by atoms with Crippen molar-refractivity contribution in [1.29, 1.82) is 0 Å². The Morgan fingerprint density at radius 3 is 2.05 bits per heavy atom. The number of rotatable bonds is 6. The zero-order valence-corrected chi connectivity index (χ0v) is 24.5. The second kappa shape index (κ2) is 9.87. The first-order valence-electron chi connectivity index (χ1n) is 12.3. The van der Waals surface area contributed by atoms with Crippen LogP contribution in [0.15, 0.2) is 18.3 Å². The Labute approximate surface area is 222 Å². The van der Waals surface area contributed by atoms with E-state index in [4.69, 9.17) is 18.5 Å². The van der Waals surface area contributed by atoms with Gasteiger partial charge in [-0.1, -0.05) is 20.8 Å². The van der Waals surface area contributed by atoms with Crippen molar-refractivity contribution in [3.8, 4) is 11.6 Å². The molecular formula is C26H35BF5NO4Si. The number of halogens is 5. The van der Waals surface area contributed by atoms with Gasteiger partial charge in [-0.25, -0.2) is 13.8 Å². The van der Waals surface area contributed by atoms with Crippen molar-refractivity contribution >= 4 is 20.9 Å². The van der Waals surface area contributed by atoms with Crippen LogP contribution in [-0.4, -0.2) is 31.6 Å². The molecule has 1 aliphatic rings. The van der Waals surface area contributed by atoms with E-state index in [0.717, 1.165) is 6.07 Å². The van der Waals surface area contributed by atoms with Gasteiger partial charge in [-0.2, -0.15) is 13.2 Å². The summed E-state index contributed by atoms with van der Waals surface area (Å²) in [6.45, 7) is 17.9. The number of hydrogen-bond acceptors (Lipinski definition) is 5. The number of ether oxygens (including phenoxy) is 1. The van der Waals surface area contributed by atoms with E-state index in [1.165, 1.54) is 13.0 Å². The summed E-state index contributed by atoms with van der Waals surface area (Å²) in [5.74, 6) is -2.67. The fourth-order valence-corrected chi connectivity index (χ4v) is 4.52. The van der Waals surface area contributed by atoms with E-state index >= 15 is 4.39 Å². The van der Waals surface area contributed by atoms with Crippen molar-refractivity contribution < 1.29 is 40.4 Å². The van der Waals surface area contributed by atoms with E-state index in [0.29, 0.717) is 6.20 Å². The van der Waals surface area contributed by atoms with Crippen molar-refractivity contribution in [1.82, 2.24) is 4.98 Å². The number of aromatic nitrogens is 1. The van der Waals surface area contributed by atoms with Gasteiger partial charge in [-0.15, -0.1) is 0 Å². The standard InChI is InChI=1S/C26H35BF5NO4Si/c1-15-17(26(30,31)32)13-33-22(20(15)27-36-24(5,6)25(7,8)37-27)35-19-12-11-18(28)21(29)16(19)14-34-38(9,10)23(2,3)4/h11-13H,14H2,1-10H3. The monoisotopic (exact) mass is 559 g/mol. The van der Waals surface area contributed by atoms with Gasteiger partial charge >= 0.3 is 13.3 Å². The Kier molecular flexibility index (Phi) is 7.93. The molecule has 0 atom stereocenters. The minimum atomic E-state index is -4.70. The van der Waals surface area contributed by atoms with Crippen LogP contribution in [0.4, 0.5) is 22.0 Å². The quantitative estimate of drug-likeness (QED) is 0.275. The molecule has 0 spiro atoms. The second-order valence-electron chi connectivity index (χ2n) is 12.1. The maximum Gasteiger partial charge on any atom is 0.500 e. The Balaban J connectivity index is 2.11. The lowest BCUT2D eigenvalue weighted by atomic mass is 9.75.